The molecule has 3 aromatic rings. The number of carbonyl (C=O) groups is 2. The van der Waals surface area contributed by atoms with E-state index in [0.29, 0.717) is 27.8 Å². The number of fused-ring (bicyclic) bond motifs is 1. The fourth-order valence-corrected chi connectivity index (χ4v) is 3.33. The van der Waals surface area contributed by atoms with E-state index in [4.69, 9.17) is 5.11 Å². The van der Waals surface area contributed by atoms with Gasteiger partial charge in [-0.15, -0.1) is 0 Å². The summed E-state index contributed by atoms with van der Waals surface area (Å²) >= 11 is 0. The van der Waals surface area contributed by atoms with Crippen LogP contribution in [0.2, 0.25) is 0 Å². The maximum absolute atomic E-state index is 11.7. The number of carboxylic acids is 1. The lowest BCUT2D eigenvalue weighted by Gasteiger charge is -2.10. The number of anilines is 3. The Labute approximate surface area is 171 Å². The predicted octanol–water partition coefficient (Wildman–Crippen LogP) is 3.34. The Kier molecular flexibility index (Phi) is 5.90. The third-order valence-electron chi connectivity index (χ3n) is 4.23. The Bertz CT molecular complexity index is 1220. The van der Waals surface area contributed by atoms with Crippen LogP contribution in [0.25, 0.3) is 10.8 Å². The molecule has 0 heterocycles. The van der Waals surface area contributed by atoms with Crippen molar-refractivity contribution >= 4 is 49.8 Å². The van der Waals surface area contributed by atoms with E-state index in [1.807, 2.05) is 0 Å². The molecule has 0 unspecified atom stereocenters. The Hall–Kier alpha value is -3.63. The predicted molar refractivity (Wildman–Crippen MR) is 111 cm³/mol. The third-order valence-corrected chi connectivity index (χ3v) is 5.06. The smallest absolute Gasteiger partial charge is 0.303 e. The molecule has 5 N–H and O–H groups in total. The molecule has 3 rings (SSSR count). The van der Waals surface area contributed by atoms with E-state index in [1.165, 1.54) is 6.07 Å². The summed E-state index contributed by atoms with van der Waals surface area (Å²) in [4.78, 5) is 21.8. The van der Waals surface area contributed by atoms with Crippen molar-refractivity contribution in [1.29, 1.82) is 0 Å². The highest BCUT2D eigenvalue weighted by molar-refractivity contribution is 7.85. The first-order chi connectivity index (χ1) is 14.1. The van der Waals surface area contributed by atoms with Crippen LogP contribution in [0.1, 0.15) is 12.8 Å². The molecule has 1 amide bonds. The molecular formula is C20H18N2O7S. The van der Waals surface area contributed by atoms with E-state index in [9.17, 15) is 27.7 Å². The van der Waals surface area contributed by atoms with Crippen LogP contribution >= 0.6 is 0 Å². The highest BCUT2D eigenvalue weighted by Crippen LogP contribution is 2.31. The van der Waals surface area contributed by atoms with Gasteiger partial charge in [0.1, 0.15) is 5.75 Å². The molecule has 0 fully saturated rings. The number of carbonyl (C=O) groups excluding carboxylic acids is 1. The Balaban J connectivity index is 1.76. The molecule has 9 nitrogen and oxygen atoms in total. The van der Waals surface area contributed by atoms with Crippen LogP contribution in [0.5, 0.6) is 5.75 Å². The van der Waals surface area contributed by atoms with Gasteiger partial charge >= 0.3 is 5.97 Å². The lowest BCUT2D eigenvalue weighted by atomic mass is 10.1. The van der Waals surface area contributed by atoms with Crippen molar-refractivity contribution in [3.8, 4) is 5.75 Å². The minimum atomic E-state index is -4.46. The number of hydrogen-bond donors (Lipinski definition) is 5. The van der Waals surface area contributed by atoms with Crippen molar-refractivity contribution in [3.63, 3.8) is 0 Å². The van der Waals surface area contributed by atoms with Crippen LogP contribution in [0.4, 0.5) is 17.1 Å². The van der Waals surface area contributed by atoms with Crippen molar-refractivity contribution < 1.29 is 32.8 Å². The number of nitrogens with one attached hydrogen (secondary N) is 2. The average Bonchev–Trinajstić information content (AvgIpc) is 2.67. The summed E-state index contributed by atoms with van der Waals surface area (Å²) in [5, 5.41) is 25.1. The molecule has 0 atom stereocenters. The van der Waals surface area contributed by atoms with Crippen molar-refractivity contribution in [3.05, 3.63) is 54.6 Å². The van der Waals surface area contributed by atoms with E-state index in [2.05, 4.69) is 10.6 Å². The van der Waals surface area contributed by atoms with E-state index >= 15 is 0 Å². The molecule has 30 heavy (non-hydrogen) atoms. The monoisotopic (exact) mass is 430 g/mol. The number of carboxylic acid groups (broad SMARTS) is 1. The number of phenols is 1. The first-order valence-corrected chi connectivity index (χ1v) is 10.2. The number of rotatable bonds is 7. The Morgan fingerprint density at radius 3 is 2.13 bits per heavy atom. The van der Waals surface area contributed by atoms with Gasteiger partial charge in [-0.3, -0.25) is 14.1 Å². The lowest BCUT2D eigenvalue weighted by molar-refractivity contribution is -0.138. The Morgan fingerprint density at radius 2 is 1.50 bits per heavy atom. The molecule has 10 heteroatoms. The summed E-state index contributed by atoms with van der Waals surface area (Å²) in [5.41, 5.74) is 1.79. The molecular weight excluding hydrogens is 412 g/mol. The summed E-state index contributed by atoms with van der Waals surface area (Å²) in [6.45, 7) is 0. The summed E-state index contributed by atoms with van der Waals surface area (Å²) < 4.78 is 31.9. The molecule has 0 spiro atoms. The van der Waals surface area contributed by atoms with Crippen molar-refractivity contribution in [2.24, 2.45) is 0 Å². The number of hydrogen-bond acceptors (Lipinski definition) is 6. The standard InChI is InChI=1S/C20H18N2O7S/c23-18-11-16(30(27,28)29)10-12-9-15(5-6-17(12)18)21-13-1-3-14(4-2-13)22-19(24)7-8-20(25)26/h1-6,9-11,21,23H,7-8H2,(H,22,24)(H,25,26)(H,27,28,29). The molecule has 0 saturated carbocycles. The summed E-state index contributed by atoms with van der Waals surface area (Å²) in [5.74, 6) is -1.71. The van der Waals surface area contributed by atoms with Gasteiger partial charge in [-0.05, 0) is 53.9 Å². The van der Waals surface area contributed by atoms with Gasteiger partial charge in [0.05, 0.1) is 11.3 Å². The van der Waals surface area contributed by atoms with Crippen LogP contribution in [-0.2, 0) is 19.7 Å². The summed E-state index contributed by atoms with van der Waals surface area (Å²) in [7, 11) is -4.46. The first-order valence-electron chi connectivity index (χ1n) is 8.75. The minimum Gasteiger partial charge on any atom is -0.507 e. The van der Waals surface area contributed by atoms with Gasteiger partial charge in [-0.2, -0.15) is 8.42 Å². The van der Waals surface area contributed by atoms with Gasteiger partial charge in [-0.25, -0.2) is 0 Å². The first kappa shape index (κ1) is 21.1. The van der Waals surface area contributed by atoms with Crippen molar-refractivity contribution in [1.82, 2.24) is 0 Å². The zero-order valence-corrected chi connectivity index (χ0v) is 16.3. The largest absolute Gasteiger partial charge is 0.507 e. The molecule has 0 aliphatic heterocycles. The van der Waals surface area contributed by atoms with Gasteiger partial charge in [0, 0.05) is 34.9 Å². The lowest BCUT2D eigenvalue weighted by Crippen LogP contribution is -2.13. The molecule has 0 radical (unpaired) electrons. The van der Waals surface area contributed by atoms with E-state index < -0.39 is 26.9 Å². The van der Waals surface area contributed by atoms with Crippen molar-refractivity contribution in [2.75, 3.05) is 10.6 Å². The topological polar surface area (TPSA) is 153 Å². The van der Waals surface area contributed by atoms with Crippen LogP contribution in [0, 0.1) is 0 Å². The maximum Gasteiger partial charge on any atom is 0.303 e. The minimum absolute atomic E-state index is 0.120. The molecule has 0 aliphatic carbocycles. The highest BCUT2D eigenvalue weighted by Gasteiger charge is 2.13. The van der Waals surface area contributed by atoms with Gasteiger partial charge in [0.15, 0.2) is 0 Å². The second-order valence-corrected chi connectivity index (χ2v) is 7.92. The fourth-order valence-electron chi connectivity index (χ4n) is 2.80. The van der Waals surface area contributed by atoms with E-state index in [0.717, 1.165) is 6.07 Å². The van der Waals surface area contributed by atoms with Crippen LogP contribution < -0.4 is 10.6 Å². The second kappa shape index (κ2) is 8.39. The summed E-state index contributed by atoms with van der Waals surface area (Å²) in [6.07, 6.45) is -0.368. The number of phenolic OH excluding ortho intramolecular Hbond substituents is 1. The van der Waals surface area contributed by atoms with Gasteiger partial charge in [-0.1, -0.05) is 0 Å². The maximum atomic E-state index is 11.7. The van der Waals surface area contributed by atoms with Crippen LogP contribution in [-0.4, -0.2) is 35.1 Å². The SMILES string of the molecule is O=C(O)CCC(=O)Nc1ccc(Nc2ccc3c(O)cc(S(=O)(=O)O)cc3c2)cc1. The summed E-state index contributed by atoms with van der Waals surface area (Å²) in [6, 6.07) is 13.8. The van der Waals surface area contributed by atoms with Gasteiger partial charge in [0.25, 0.3) is 10.1 Å². The molecule has 156 valence electrons. The quantitative estimate of drug-likeness (QED) is 0.358. The molecule has 3 aromatic carbocycles. The van der Waals surface area contributed by atoms with Crippen LogP contribution in [0.15, 0.2) is 59.5 Å². The third kappa shape index (κ3) is 5.25. The van der Waals surface area contributed by atoms with Crippen LogP contribution in [0.3, 0.4) is 0 Å². The normalized spacial score (nSPS) is 11.2. The van der Waals surface area contributed by atoms with E-state index in [1.54, 1.807) is 42.5 Å². The van der Waals surface area contributed by atoms with E-state index in [-0.39, 0.29) is 18.6 Å². The number of benzene rings is 3. The molecule has 0 saturated heterocycles. The zero-order valence-electron chi connectivity index (χ0n) is 15.5. The van der Waals surface area contributed by atoms with Crippen molar-refractivity contribution in [2.45, 2.75) is 17.7 Å². The fraction of sp³-hybridized carbons (Fsp3) is 0.100. The average molecular weight is 430 g/mol. The molecule has 0 bridgehead atoms. The van der Waals surface area contributed by atoms with Gasteiger partial charge in [0.2, 0.25) is 5.91 Å². The molecule has 0 aliphatic rings. The Morgan fingerprint density at radius 1 is 0.867 bits per heavy atom. The second-order valence-electron chi connectivity index (χ2n) is 6.50. The number of amides is 1. The number of aromatic hydroxyl groups is 1. The van der Waals surface area contributed by atoms with Gasteiger partial charge < -0.3 is 20.8 Å². The molecule has 0 aromatic heterocycles. The zero-order chi connectivity index (χ0) is 21.9. The number of aliphatic carboxylic acids is 1. The highest BCUT2D eigenvalue weighted by atomic mass is 32.2.